The Hall–Kier alpha value is -1.93. The third-order valence-electron chi connectivity index (χ3n) is 2.76. The quantitative estimate of drug-likeness (QED) is 0.724. The maximum Gasteiger partial charge on any atom is 0.425 e. The van der Waals surface area contributed by atoms with E-state index in [4.69, 9.17) is 11.6 Å². The lowest BCUT2D eigenvalue weighted by atomic mass is 10.3. The molecule has 114 valence electrons. The van der Waals surface area contributed by atoms with Crippen molar-refractivity contribution in [2.45, 2.75) is 13.1 Å². The SMILES string of the molecule is Cc1cc(Nc2ccc(C(F)(F)F)s2)c2ncc(Cl)nc2n1. The van der Waals surface area contributed by atoms with Crippen molar-refractivity contribution in [1.29, 1.82) is 0 Å². The van der Waals surface area contributed by atoms with Crippen molar-refractivity contribution in [2.24, 2.45) is 0 Å². The van der Waals surface area contributed by atoms with Crippen molar-refractivity contribution >= 4 is 44.8 Å². The van der Waals surface area contributed by atoms with Gasteiger partial charge in [-0.25, -0.2) is 15.0 Å². The number of anilines is 2. The van der Waals surface area contributed by atoms with Gasteiger partial charge in [0.05, 0.1) is 16.9 Å². The Labute approximate surface area is 132 Å². The van der Waals surface area contributed by atoms with Crippen molar-refractivity contribution in [3.8, 4) is 0 Å². The molecule has 0 unspecified atom stereocenters. The second-order valence-electron chi connectivity index (χ2n) is 4.46. The standard InChI is InChI=1S/C13H8ClF3N4S/c1-6-4-7(11-12(19-6)21-9(14)5-18-11)20-10-3-2-8(22-10)13(15,16)17/h2-5H,1H3,(H,19,20,21). The van der Waals surface area contributed by atoms with Crippen LogP contribution in [0.15, 0.2) is 24.4 Å². The van der Waals surface area contributed by atoms with E-state index in [2.05, 4.69) is 20.3 Å². The molecule has 0 aliphatic rings. The van der Waals surface area contributed by atoms with Gasteiger partial charge in [-0.1, -0.05) is 11.6 Å². The van der Waals surface area contributed by atoms with E-state index in [9.17, 15) is 13.2 Å². The van der Waals surface area contributed by atoms with Gasteiger partial charge in [-0.3, -0.25) is 0 Å². The first-order valence-electron chi connectivity index (χ1n) is 6.07. The molecule has 9 heteroatoms. The number of aryl methyl sites for hydroxylation is 1. The Morgan fingerprint density at radius 1 is 1.23 bits per heavy atom. The van der Waals surface area contributed by atoms with Crippen LogP contribution in [0.3, 0.4) is 0 Å². The number of thiophene rings is 1. The van der Waals surface area contributed by atoms with Gasteiger partial charge in [0.25, 0.3) is 0 Å². The fourth-order valence-corrected chi connectivity index (χ4v) is 2.80. The first kappa shape index (κ1) is 15.0. The third-order valence-corrected chi connectivity index (χ3v) is 3.99. The number of alkyl halides is 3. The van der Waals surface area contributed by atoms with Gasteiger partial charge in [0, 0.05) is 5.69 Å². The van der Waals surface area contributed by atoms with Gasteiger partial charge < -0.3 is 5.32 Å². The summed E-state index contributed by atoms with van der Waals surface area (Å²) in [6.45, 7) is 1.75. The predicted molar refractivity (Wildman–Crippen MR) is 79.7 cm³/mol. The van der Waals surface area contributed by atoms with Gasteiger partial charge in [0.2, 0.25) is 0 Å². The lowest BCUT2D eigenvalue weighted by Crippen LogP contribution is -2.00. The van der Waals surface area contributed by atoms with Crippen molar-refractivity contribution in [2.75, 3.05) is 5.32 Å². The van der Waals surface area contributed by atoms with Gasteiger partial charge in [0.15, 0.2) is 5.65 Å². The molecule has 3 aromatic heterocycles. The largest absolute Gasteiger partial charge is 0.425 e. The van der Waals surface area contributed by atoms with Gasteiger partial charge in [-0.15, -0.1) is 11.3 Å². The minimum absolute atomic E-state index is 0.201. The van der Waals surface area contributed by atoms with E-state index in [1.54, 1.807) is 13.0 Å². The van der Waals surface area contributed by atoms with E-state index >= 15 is 0 Å². The number of aromatic nitrogens is 3. The summed E-state index contributed by atoms with van der Waals surface area (Å²) < 4.78 is 37.9. The second-order valence-corrected chi connectivity index (χ2v) is 5.93. The number of fused-ring (bicyclic) bond motifs is 1. The highest BCUT2D eigenvalue weighted by atomic mass is 35.5. The number of halogens is 4. The molecular weight excluding hydrogens is 337 g/mol. The zero-order chi connectivity index (χ0) is 15.9. The fraction of sp³-hybridized carbons (Fsp3) is 0.154. The van der Waals surface area contributed by atoms with Crippen LogP contribution in [0.5, 0.6) is 0 Å². The molecule has 3 heterocycles. The zero-order valence-electron chi connectivity index (χ0n) is 11.1. The first-order chi connectivity index (χ1) is 10.3. The Bertz CT molecular complexity index is 842. The average molecular weight is 345 g/mol. The van der Waals surface area contributed by atoms with E-state index in [1.165, 1.54) is 12.3 Å². The monoisotopic (exact) mass is 344 g/mol. The Morgan fingerprint density at radius 3 is 2.68 bits per heavy atom. The minimum Gasteiger partial charge on any atom is -0.345 e. The average Bonchev–Trinajstić information content (AvgIpc) is 2.86. The molecule has 22 heavy (non-hydrogen) atoms. The van der Waals surface area contributed by atoms with Crippen LogP contribution < -0.4 is 5.32 Å². The summed E-state index contributed by atoms with van der Waals surface area (Å²) in [5.41, 5.74) is 1.96. The molecule has 0 aromatic carbocycles. The highest BCUT2D eigenvalue weighted by Crippen LogP contribution is 2.38. The summed E-state index contributed by atoms with van der Waals surface area (Å²) in [6, 6.07) is 4.10. The summed E-state index contributed by atoms with van der Waals surface area (Å²) in [5, 5.41) is 3.49. The zero-order valence-corrected chi connectivity index (χ0v) is 12.6. The normalized spacial score (nSPS) is 11.9. The molecule has 3 aromatic rings. The van der Waals surface area contributed by atoms with E-state index in [0.29, 0.717) is 38.9 Å². The van der Waals surface area contributed by atoms with Crippen molar-refractivity contribution < 1.29 is 13.2 Å². The van der Waals surface area contributed by atoms with Crippen LogP contribution in [0.2, 0.25) is 5.15 Å². The molecule has 0 amide bonds. The van der Waals surface area contributed by atoms with Crippen LogP contribution in [0.25, 0.3) is 11.2 Å². The van der Waals surface area contributed by atoms with E-state index in [-0.39, 0.29) is 5.15 Å². The van der Waals surface area contributed by atoms with Crippen molar-refractivity contribution in [3.63, 3.8) is 0 Å². The van der Waals surface area contributed by atoms with Crippen molar-refractivity contribution in [3.05, 3.63) is 40.1 Å². The molecule has 0 aliphatic heterocycles. The molecule has 0 saturated carbocycles. The highest BCUT2D eigenvalue weighted by molar-refractivity contribution is 7.16. The summed E-state index contributed by atoms with van der Waals surface area (Å²) in [6.07, 6.45) is -2.99. The lowest BCUT2D eigenvalue weighted by Gasteiger charge is -2.08. The summed E-state index contributed by atoms with van der Waals surface area (Å²) >= 11 is 6.40. The van der Waals surface area contributed by atoms with E-state index in [1.807, 2.05) is 0 Å². The molecule has 0 radical (unpaired) electrons. The molecule has 0 saturated heterocycles. The maximum atomic E-state index is 12.6. The highest BCUT2D eigenvalue weighted by Gasteiger charge is 2.32. The topological polar surface area (TPSA) is 50.7 Å². The molecule has 1 N–H and O–H groups in total. The minimum atomic E-state index is -4.35. The number of hydrogen-bond donors (Lipinski definition) is 1. The van der Waals surface area contributed by atoms with E-state index < -0.39 is 11.1 Å². The maximum absolute atomic E-state index is 12.6. The number of rotatable bonds is 2. The molecular formula is C13H8ClF3N4S. The summed E-state index contributed by atoms with van der Waals surface area (Å²) in [7, 11) is 0. The molecule has 0 fully saturated rings. The van der Waals surface area contributed by atoms with Crippen LogP contribution in [-0.4, -0.2) is 15.0 Å². The molecule has 0 aliphatic carbocycles. The molecule has 0 bridgehead atoms. The van der Waals surface area contributed by atoms with Gasteiger partial charge in [0.1, 0.15) is 15.5 Å². The summed E-state index contributed by atoms with van der Waals surface area (Å²) in [4.78, 5) is 11.7. The van der Waals surface area contributed by atoms with Crippen LogP contribution in [0.1, 0.15) is 10.6 Å². The number of hydrogen-bond acceptors (Lipinski definition) is 5. The summed E-state index contributed by atoms with van der Waals surface area (Å²) in [5.74, 6) is 0. The number of pyridine rings is 1. The van der Waals surface area contributed by atoms with Crippen LogP contribution in [-0.2, 0) is 6.18 Å². The van der Waals surface area contributed by atoms with Crippen molar-refractivity contribution in [1.82, 2.24) is 15.0 Å². The molecule has 0 spiro atoms. The van der Waals surface area contributed by atoms with E-state index in [0.717, 1.165) is 6.07 Å². The Balaban J connectivity index is 2.02. The third kappa shape index (κ3) is 2.97. The van der Waals surface area contributed by atoms with Gasteiger partial charge in [-0.05, 0) is 25.1 Å². The molecule has 4 nitrogen and oxygen atoms in total. The van der Waals surface area contributed by atoms with Crippen LogP contribution >= 0.6 is 22.9 Å². The first-order valence-corrected chi connectivity index (χ1v) is 7.26. The number of nitrogens with zero attached hydrogens (tertiary/aromatic N) is 3. The van der Waals surface area contributed by atoms with Gasteiger partial charge >= 0.3 is 6.18 Å². The smallest absolute Gasteiger partial charge is 0.345 e. The fourth-order valence-electron chi connectivity index (χ4n) is 1.89. The Kier molecular flexibility index (Phi) is 3.65. The van der Waals surface area contributed by atoms with Crippen LogP contribution in [0, 0.1) is 6.92 Å². The predicted octanol–water partition coefficient (Wildman–Crippen LogP) is 4.81. The Morgan fingerprint density at radius 2 is 2.00 bits per heavy atom. The molecule has 3 rings (SSSR count). The number of nitrogens with one attached hydrogen (secondary N) is 1. The molecule has 0 atom stereocenters. The lowest BCUT2D eigenvalue weighted by molar-refractivity contribution is -0.134. The van der Waals surface area contributed by atoms with Crippen LogP contribution in [0.4, 0.5) is 23.9 Å². The van der Waals surface area contributed by atoms with Gasteiger partial charge in [-0.2, -0.15) is 13.2 Å². The second kappa shape index (κ2) is 5.36.